The van der Waals surface area contributed by atoms with Gasteiger partial charge in [0.05, 0.1) is 6.04 Å². The highest BCUT2D eigenvalue weighted by Gasteiger charge is 2.18. The van der Waals surface area contributed by atoms with Crippen LogP contribution in [0.15, 0.2) is 64.5 Å². The van der Waals surface area contributed by atoms with Gasteiger partial charge < -0.3 is 10.1 Å². The molecule has 1 atom stereocenters. The Labute approximate surface area is 161 Å². The summed E-state index contributed by atoms with van der Waals surface area (Å²) in [6.45, 7) is -0.332. The molecule has 1 N–H and O–H groups in total. The SMILES string of the molecule is O=C(COc1ccc(Br)cc1F)NC(c1ccc(F)cc1)c1cccs1. The monoisotopic (exact) mass is 437 g/mol. The molecule has 3 aromatic rings. The first-order valence-electron chi connectivity index (χ1n) is 7.69. The maximum Gasteiger partial charge on any atom is 0.258 e. The molecule has 2 aromatic carbocycles. The first kappa shape index (κ1) is 18.5. The lowest BCUT2D eigenvalue weighted by molar-refractivity contribution is -0.123. The van der Waals surface area contributed by atoms with Gasteiger partial charge >= 0.3 is 0 Å². The van der Waals surface area contributed by atoms with E-state index in [1.807, 2.05) is 17.5 Å². The minimum atomic E-state index is -0.555. The molecule has 134 valence electrons. The van der Waals surface area contributed by atoms with Gasteiger partial charge in [-0.3, -0.25) is 4.79 Å². The van der Waals surface area contributed by atoms with Gasteiger partial charge in [0.1, 0.15) is 5.82 Å². The zero-order chi connectivity index (χ0) is 18.5. The van der Waals surface area contributed by atoms with Crippen molar-refractivity contribution in [3.63, 3.8) is 0 Å². The summed E-state index contributed by atoms with van der Waals surface area (Å²) in [7, 11) is 0. The molecule has 7 heteroatoms. The second kappa shape index (κ2) is 8.42. The number of amides is 1. The summed E-state index contributed by atoms with van der Waals surface area (Å²) in [6.07, 6.45) is 0. The molecule has 0 saturated heterocycles. The van der Waals surface area contributed by atoms with Crippen LogP contribution < -0.4 is 10.1 Å². The van der Waals surface area contributed by atoms with Gasteiger partial charge in [0.25, 0.3) is 5.91 Å². The summed E-state index contributed by atoms with van der Waals surface area (Å²) in [6, 6.07) is 13.6. The van der Waals surface area contributed by atoms with E-state index in [2.05, 4.69) is 21.2 Å². The third-order valence-electron chi connectivity index (χ3n) is 3.59. The number of halogens is 3. The third-order valence-corrected chi connectivity index (χ3v) is 5.02. The van der Waals surface area contributed by atoms with Gasteiger partial charge in [0, 0.05) is 9.35 Å². The Morgan fingerprint density at radius 3 is 2.58 bits per heavy atom. The molecule has 0 aliphatic heterocycles. The van der Waals surface area contributed by atoms with Crippen LogP contribution in [0.25, 0.3) is 0 Å². The van der Waals surface area contributed by atoms with Crippen molar-refractivity contribution in [2.45, 2.75) is 6.04 Å². The first-order valence-corrected chi connectivity index (χ1v) is 9.36. The Morgan fingerprint density at radius 1 is 1.15 bits per heavy atom. The summed E-state index contributed by atoms with van der Waals surface area (Å²) in [5.41, 5.74) is 0.747. The Hall–Kier alpha value is -2.25. The van der Waals surface area contributed by atoms with E-state index < -0.39 is 17.8 Å². The van der Waals surface area contributed by atoms with Crippen LogP contribution >= 0.6 is 27.3 Å². The lowest BCUT2D eigenvalue weighted by Crippen LogP contribution is -2.33. The molecule has 0 radical (unpaired) electrons. The van der Waals surface area contributed by atoms with E-state index in [-0.39, 0.29) is 18.2 Å². The molecule has 26 heavy (non-hydrogen) atoms. The number of benzene rings is 2. The number of carbonyl (C=O) groups is 1. The Morgan fingerprint density at radius 2 is 1.92 bits per heavy atom. The molecule has 3 nitrogen and oxygen atoms in total. The van der Waals surface area contributed by atoms with Crippen molar-refractivity contribution in [3.8, 4) is 5.75 Å². The highest BCUT2D eigenvalue weighted by atomic mass is 79.9. The number of hydrogen-bond acceptors (Lipinski definition) is 3. The summed E-state index contributed by atoms with van der Waals surface area (Å²) >= 11 is 4.64. The van der Waals surface area contributed by atoms with Gasteiger partial charge in [-0.05, 0) is 47.3 Å². The fourth-order valence-corrected chi connectivity index (χ4v) is 3.50. The highest BCUT2D eigenvalue weighted by molar-refractivity contribution is 9.10. The summed E-state index contributed by atoms with van der Waals surface area (Å²) < 4.78 is 32.8. The normalized spacial score (nSPS) is 11.8. The zero-order valence-corrected chi connectivity index (χ0v) is 15.8. The average Bonchev–Trinajstić information content (AvgIpc) is 3.14. The van der Waals surface area contributed by atoms with Crippen LogP contribution in [0.1, 0.15) is 16.5 Å². The van der Waals surface area contributed by atoms with Crippen molar-refractivity contribution in [2.75, 3.05) is 6.61 Å². The fourth-order valence-electron chi connectivity index (χ4n) is 2.37. The molecule has 1 unspecified atom stereocenters. The minimum absolute atomic E-state index is 0.00203. The molecule has 1 amide bonds. The van der Waals surface area contributed by atoms with Crippen molar-refractivity contribution in [3.05, 3.63) is 86.5 Å². The van der Waals surface area contributed by atoms with Crippen molar-refractivity contribution >= 4 is 33.2 Å². The van der Waals surface area contributed by atoms with E-state index in [0.717, 1.165) is 10.4 Å². The largest absolute Gasteiger partial charge is 0.481 e. The third kappa shape index (κ3) is 4.68. The highest BCUT2D eigenvalue weighted by Crippen LogP contribution is 2.26. The van der Waals surface area contributed by atoms with Crippen LogP contribution in [0.2, 0.25) is 0 Å². The van der Waals surface area contributed by atoms with E-state index in [9.17, 15) is 13.6 Å². The Kier molecular flexibility index (Phi) is 6.00. The second-order valence-electron chi connectivity index (χ2n) is 5.43. The van der Waals surface area contributed by atoms with E-state index in [4.69, 9.17) is 4.74 Å². The van der Waals surface area contributed by atoms with E-state index in [0.29, 0.717) is 4.47 Å². The van der Waals surface area contributed by atoms with Gasteiger partial charge in [0.2, 0.25) is 0 Å². The smallest absolute Gasteiger partial charge is 0.258 e. The number of carbonyl (C=O) groups excluding carboxylic acids is 1. The summed E-state index contributed by atoms with van der Waals surface area (Å²) in [5, 5.41) is 4.74. The maximum absolute atomic E-state index is 13.8. The number of nitrogens with one attached hydrogen (secondary N) is 1. The Bertz CT molecular complexity index is 885. The van der Waals surface area contributed by atoms with Crippen molar-refractivity contribution < 1.29 is 18.3 Å². The summed E-state index contributed by atoms with van der Waals surface area (Å²) in [4.78, 5) is 13.2. The molecule has 0 bridgehead atoms. The maximum atomic E-state index is 13.8. The lowest BCUT2D eigenvalue weighted by atomic mass is 10.1. The van der Waals surface area contributed by atoms with Crippen LogP contribution in [0, 0.1) is 11.6 Å². The molecule has 1 aromatic heterocycles. The molecular formula is C19H14BrF2NO2S. The van der Waals surface area contributed by atoms with E-state index >= 15 is 0 Å². The van der Waals surface area contributed by atoms with Crippen LogP contribution in [-0.2, 0) is 4.79 Å². The number of ether oxygens (including phenoxy) is 1. The quantitative estimate of drug-likeness (QED) is 0.584. The lowest BCUT2D eigenvalue weighted by Gasteiger charge is -2.18. The zero-order valence-electron chi connectivity index (χ0n) is 13.4. The fraction of sp³-hybridized carbons (Fsp3) is 0.105. The number of hydrogen-bond donors (Lipinski definition) is 1. The molecule has 1 heterocycles. The standard InChI is InChI=1S/C19H14BrF2NO2S/c20-13-5-8-16(15(22)10-13)25-11-18(24)23-19(17-2-1-9-26-17)12-3-6-14(21)7-4-12/h1-10,19H,11H2,(H,23,24). The average molecular weight is 438 g/mol. The first-order chi connectivity index (χ1) is 12.5. The molecule has 3 rings (SSSR count). The molecule has 0 spiro atoms. The molecule has 0 fully saturated rings. The van der Waals surface area contributed by atoms with Crippen LogP contribution in [0.3, 0.4) is 0 Å². The molecule has 0 aliphatic carbocycles. The van der Waals surface area contributed by atoms with E-state index in [1.165, 1.54) is 35.6 Å². The van der Waals surface area contributed by atoms with Gasteiger partial charge in [0.15, 0.2) is 18.2 Å². The van der Waals surface area contributed by atoms with Crippen molar-refractivity contribution in [1.29, 1.82) is 0 Å². The van der Waals surface area contributed by atoms with Gasteiger partial charge in [-0.15, -0.1) is 11.3 Å². The molecule has 0 saturated carbocycles. The predicted molar refractivity (Wildman–Crippen MR) is 100 cm³/mol. The number of rotatable bonds is 6. The van der Waals surface area contributed by atoms with Crippen LogP contribution in [0.5, 0.6) is 5.75 Å². The van der Waals surface area contributed by atoms with Crippen LogP contribution in [0.4, 0.5) is 8.78 Å². The minimum Gasteiger partial charge on any atom is -0.481 e. The Balaban J connectivity index is 1.70. The molecular weight excluding hydrogens is 424 g/mol. The predicted octanol–water partition coefficient (Wildman–Crippen LogP) is 5.07. The van der Waals surface area contributed by atoms with Gasteiger partial charge in [-0.2, -0.15) is 0 Å². The topological polar surface area (TPSA) is 38.3 Å². The second-order valence-corrected chi connectivity index (χ2v) is 7.33. The van der Waals surface area contributed by atoms with E-state index in [1.54, 1.807) is 18.2 Å². The van der Waals surface area contributed by atoms with Crippen LogP contribution in [-0.4, -0.2) is 12.5 Å². The summed E-state index contributed by atoms with van der Waals surface area (Å²) in [5.74, 6) is -1.31. The molecule has 0 aliphatic rings. The van der Waals surface area contributed by atoms with Gasteiger partial charge in [-0.1, -0.05) is 34.1 Å². The van der Waals surface area contributed by atoms with Gasteiger partial charge in [-0.25, -0.2) is 8.78 Å². The number of thiophene rings is 1. The van der Waals surface area contributed by atoms with Crippen molar-refractivity contribution in [2.24, 2.45) is 0 Å². The van der Waals surface area contributed by atoms with Crippen molar-refractivity contribution in [1.82, 2.24) is 5.32 Å².